The first-order chi connectivity index (χ1) is 19.2. The zero-order valence-corrected chi connectivity index (χ0v) is 24.3. The number of carbonyl (C=O) groups excluding carboxylic acids is 1. The largest absolute Gasteiger partial charge is 0.376 e. The number of nitro benzene ring substituents is 1. The lowest BCUT2D eigenvalue weighted by atomic mass is 9.48. The highest BCUT2D eigenvalue weighted by Gasteiger charge is 2.53. The molecule has 1 N–H and O–H groups in total. The van der Waals surface area contributed by atoms with Gasteiger partial charge in [0.05, 0.1) is 4.92 Å². The Kier molecular flexibility index (Phi) is 7.47. The van der Waals surface area contributed by atoms with Crippen molar-refractivity contribution < 1.29 is 9.72 Å². The molecule has 5 fully saturated rings. The average molecular weight is 584 g/mol. The Morgan fingerprint density at radius 3 is 2.27 bits per heavy atom. The molecule has 40 heavy (non-hydrogen) atoms. The molecule has 1 heterocycles. The third kappa shape index (κ3) is 5.42. The fourth-order valence-corrected chi connectivity index (χ4v) is 8.65. The van der Waals surface area contributed by atoms with E-state index in [0.717, 1.165) is 29.0 Å². The molecule has 212 valence electrons. The maximum Gasteiger partial charge on any atom is 0.292 e. The number of amides is 1. The summed E-state index contributed by atoms with van der Waals surface area (Å²) in [6.45, 7) is 4.69. The predicted octanol–water partition coefficient (Wildman–Crippen LogP) is 7.28. The van der Waals surface area contributed by atoms with Gasteiger partial charge in [-0.3, -0.25) is 14.9 Å². The second-order valence-corrected chi connectivity index (χ2v) is 13.3. The van der Waals surface area contributed by atoms with Crippen molar-refractivity contribution in [2.24, 2.45) is 23.2 Å². The van der Waals surface area contributed by atoms with Crippen LogP contribution in [0.2, 0.25) is 10.0 Å². The smallest absolute Gasteiger partial charge is 0.292 e. The minimum absolute atomic E-state index is 0.0684. The molecule has 4 saturated carbocycles. The van der Waals surface area contributed by atoms with Gasteiger partial charge in [0.25, 0.3) is 5.69 Å². The molecule has 9 heteroatoms. The quantitative estimate of drug-likeness (QED) is 0.211. The number of benzene rings is 2. The van der Waals surface area contributed by atoms with Crippen molar-refractivity contribution in [3.63, 3.8) is 0 Å². The fraction of sp³-hybridized carbons (Fsp3) is 0.516. The molecule has 4 aliphatic carbocycles. The number of rotatable bonds is 7. The van der Waals surface area contributed by atoms with Crippen LogP contribution < -0.4 is 10.2 Å². The minimum atomic E-state index is -0.283. The Balaban J connectivity index is 1.12. The fourth-order valence-electron chi connectivity index (χ4n) is 8.18. The summed E-state index contributed by atoms with van der Waals surface area (Å²) < 4.78 is 0. The summed E-state index contributed by atoms with van der Waals surface area (Å²) in [5.74, 6) is 2.41. The SMILES string of the molecule is CC(Nc1cc(N2CCN(C(=O)C=Cc3ccc(Cl)cc3Cl)CC2)ccc1[N+](=O)[O-])C12CC3CC(CC(C3)C1)C2. The minimum Gasteiger partial charge on any atom is -0.376 e. The molecule has 1 atom stereocenters. The Bertz CT molecular complexity index is 1300. The zero-order valence-electron chi connectivity index (χ0n) is 22.8. The Labute approximate surface area is 245 Å². The number of hydrogen-bond donors (Lipinski definition) is 1. The molecule has 0 spiro atoms. The summed E-state index contributed by atoms with van der Waals surface area (Å²) >= 11 is 12.2. The van der Waals surface area contributed by atoms with E-state index in [1.807, 2.05) is 17.0 Å². The van der Waals surface area contributed by atoms with Gasteiger partial charge >= 0.3 is 0 Å². The van der Waals surface area contributed by atoms with Gasteiger partial charge in [-0.05, 0) is 105 Å². The molecule has 0 aromatic heterocycles. The van der Waals surface area contributed by atoms with Crippen LogP contribution in [0, 0.1) is 33.3 Å². The first-order valence-corrected chi connectivity index (χ1v) is 15.2. The maximum absolute atomic E-state index is 12.8. The Morgan fingerprint density at radius 1 is 1.02 bits per heavy atom. The number of piperazine rings is 1. The first-order valence-electron chi connectivity index (χ1n) is 14.4. The molecular formula is C31H36Cl2N4O3. The summed E-state index contributed by atoms with van der Waals surface area (Å²) in [5, 5.41) is 16.6. The number of carbonyl (C=O) groups is 1. The molecule has 7 nitrogen and oxygen atoms in total. The third-order valence-electron chi connectivity index (χ3n) is 9.88. The molecular weight excluding hydrogens is 547 g/mol. The maximum atomic E-state index is 12.8. The van der Waals surface area contributed by atoms with Crippen LogP contribution in [0.25, 0.3) is 6.08 Å². The van der Waals surface area contributed by atoms with Crippen LogP contribution in [0.3, 0.4) is 0 Å². The van der Waals surface area contributed by atoms with Crippen molar-refractivity contribution in [1.29, 1.82) is 0 Å². The molecule has 1 unspecified atom stereocenters. The molecule has 5 aliphatic rings. The molecule has 0 radical (unpaired) electrons. The lowest BCUT2D eigenvalue weighted by Gasteiger charge is -2.59. The van der Waals surface area contributed by atoms with Gasteiger partial charge in [0.15, 0.2) is 0 Å². The van der Waals surface area contributed by atoms with Crippen LogP contribution in [-0.2, 0) is 4.79 Å². The number of hydrogen-bond acceptors (Lipinski definition) is 5. The van der Waals surface area contributed by atoms with Crippen molar-refractivity contribution in [1.82, 2.24) is 4.90 Å². The van der Waals surface area contributed by atoms with E-state index in [0.29, 0.717) is 41.9 Å². The van der Waals surface area contributed by atoms with Crippen LogP contribution in [0.4, 0.5) is 17.1 Å². The van der Waals surface area contributed by atoms with E-state index in [9.17, 15) is 14.9 Å². The molecule has 2 aromatic rings. The molecule has 2 aromatic carbocycles. The van der Waals surface area contributed by atoms with Gasteiger partial charge in [0.2, 0.25) is 5.91 Å². The number of nitrogens with zero attached hydrogens (tertiary/aromatic N) is 3. The van der Waals surface area contributed by atoms with Crippen LogP contribution >= 0.6 is 23.2 Å². The highest BCUT2D eigenvalue weighted by Crippen LogP contribution is 2.61. The normalized spacial score (nSPS) is 28.2. The highest BCUT2D eigenvalue weighted by atomic mass is 35.5. The van der Waals surface area contributed by atoms with E-state index in [1.165, 1.54) is 38.5 Å². The van der Waals surface area contributed by atoms with E-state index < -0.39 is 0 Å². The predicted molar refractivity (Wildman–Crippen MR) is 161 cm³/mol. The van der Waals surface area contributed by atoms with Crippen LogP contribution in [0.5, 0.6) is 0 Å². The van der Waals surface area contributed by atoms with E-state index >= 15 is 0 Å². The van der Waals surface area contributed by atoms with E-state index in [-0.39, 0.29) is 28.0 Å². The number of nitrogens with one attached hydrogen (secondary N) is 1. The number of nitro groups is 1. The van der Waals surface area contributed by atoms with Crippen molar-refractivity contribution in [3.05, 3.63) is 68.2 Å². The van der Waals surface area contributed by atoms with Crippen molar-refractivity contribution >= 4 is 52.2 Å². The molecule has 1 amide bonds. The van der Waals surface area contributed by atoms with Gasteiger partial charge in [0, 0.05) is 60.1 Å². The summed E-state index contributed by atoms with van der Waals surface area (Å²) in [4.78, 5) is 28.5. The summed E-state index contributed by atoms with van der Waals surface area (Å²) in [5.41, 5.74) is 2.66. The van der Waals surface area contributed by atoms with Gasteiger partial charge in [-0.1, -0.05) is 29.3 Å². The number of anilines is 2. The van der Waals surface area contributed by atoms with Crippen LogP contribution in [-0.4, -0.2) is 48.0 Å². The van der Waals surface area contributed by atoms with Gasteiger partial charge in [-0.15, -0.1) is 0 Å². The van der Waals surface area contributed by atoms with Crippen molar-refractivity contribution in [3.8, 4) is 0 Å². The first kappa shape index (κ1) is 27.4. The van der Waals surface area contributed by atoms with Gasteiger partial charge < -0.3 is 15.1 Å². The van der Waals surface area contributed by atoms with Crippen LogP contribution in [0.1, 0.15) is 51.0 Å². The van der Waals surface area contributed by atoms with E-state index in [4.69, 9.17) is 23.2 Å². The van der Waals surface area contributed by atoms with Gasteiger partial charge in [-0.25, -0.2) is 0 Å². The summed E-state index contributed by atoms with van der Waals surface area (Å²) in [6, 6.07) is 10.8. The Hall–Kier alpha value is -2.77. The number of halogens is 2. The van der Waals surface area contributed by atoms with Gasteiger partial charge in [0.1, 0.15) is 5.69 Å². The topological polar surface area (TPSA) is 78.7 Å². The van der Waals surface area contributed by atoms with E-state index in [1.54, 1.807) is 36.4 Å². The third-order valence-corrected chi connectivity index (χ3v) is 10.4. The second kappa shape index (κ2) is 10.9. The molecule has 7 rings (SSSR count). The zero-order chi connectivity index (χ0) is 28.0. The summed E-state index contributed by atoms with van der Waals surface area (Å²) in [6.07, 6.45) is 11.1. The molecule has 1 aliphatic heterocycles. The lowest BCUT2D eigenvalue weighted by Crippen LogP contribution is -2.53. The standard InChI is InChI=1S/C31H36Cl2N4O3/c1-20(31-17-21-12-22(18-31)14-23(13-21)19-31)34-28-16-26(5-6-29(28)37(39)40)35-8-10-36(11-9-35)30(38)7-3-24-2-4-25(32)15-27(24)33/h2-7,15-16,20-23,34H,8-14,17-19H2,1H3. The van der Waals surface area contributed by atoms with Gasteiger partial charge in [-0.2, -0.15) is 0 Å². The second-order valence-electron chi connectivity index (χ2n) is 12.4. The molecule has 4 bridgehead atoms. The lowest BCUT2D eigenvalue weighted by molar-refractivity contribution is -0.384. The molecule has 1 saturated heterocycles. The Morgan fingerprint density at radius 2 is 1.68 bits per heavy atom. The summed E-state index contributed by atoms with van der Waals surface area (Å²) in [7, 11) is 0. The van der Waals surface area contributed by atoms with Crippen molar-refractivity contribution in [2.75, 3.05) is 36.4 Å². The van der Waals surface area contributed by atoms with Crippen molar-refractivity contribution in [2.45, 2.75) is 51.5 Å². The van der Waals surface area contributed by atoms with E-state index in [2.05, 4.69) is 17.1 Å². The highest BCUT2D eigenvalue weighted by molar-refractivity contribution is 6.35. The van der Waals surface area contributed by atoms with Crippen LogP contribution in [0.15, 0.2) is 42.5 Å². The monoisotopic (exact) mass is 582 g/mol. The average Bonchev–Trinajstić information content (AvgIpc) is 2.91.